The summed E-state index contributed by atoms with van der Waals surface area (Å²) < 4.78 is 7.12. The van der Waals surface area contributed by atoms with Crippen LogP contribution >= 0.6 is 11.6 Å². The quantitative estimate of drug-likeness (QED) is 0.919. The number of hydrogen-bond donors (Lipinski definition) is 1. The van der Waals surface area contributed by atoms with E-state index in [4.69, 9.17) is 16.3 Å². The third-order valence-electron chi connectivity index (χ3n) is 3.87. The van der Waals surface area contributed by atoms with Crippen molar-refractivity contribution in [3.05, 3.63) is 23.6 Å². The molecule has 7 nitrogen and oxygen atoms in total. The van der Waals surface area contributed by atoms with Gasteiger partial charge in [-0.2, -0.15) is 4.98 Å². The Morgan fingerprint density at radius 1 is 1.50 bits per heavy atom. The summed E-state index contributed by atoms with van der Waals surface area (Å²) in [7, 11) is 0. The predicted octanol–water partition coefficient (Wildman–Crippen LogP) is 3.19. The van der Waals surface area contributed by atoms with Gasteiger partial charge in [-0.05, 0) is 57.3 Å². The van der Waals surface area contributed by atoms with Gasteiger partial charge in [0.1, 0.15) is 5.60 Å². The van der Waals surface area contributed by atoms with E-state index in [9.17, 15) is 4.79 Å². The molecule has 0 bridgehead atoms. The first-order chi connectivity index (χ1) is 11.3. The molecule has 1 atom stereocenters. The van der Waals surface area contributed by atoms with Gasteiger partial charge >= 0.3 is 6.09 Å². The van der Waals surface area contributed by atoms with Gasteiger partial charge in [0.05, 0.1) is 11.7 Å². The van der Waals surface area contributed by atoms with E-state index in [1.807, 2.05) is 32.9 Å². The van der Waals surface area contributed by atoms with Crippen LogP contribution in [0.5, 0.6) is 0 Å². The standard InChI is InChI=1S/C16H22ClN5O2/c1-16(2,3)24-15(23)21-8-4-6-11(21)10-18-12-7-5-9-22-13(12)19-14(17)20-22/h5,7,9,11,18H,4,6,8,10H2,1-3H3. The zero-order chi connectivity index (χ0) is 17.3. The molecule has 0 saturated carbocycles. The summed E-state index contributed by atoms with van der Waals surface area (Å²) in [6, 6.07) is 3.90. The average Bonchev–Trinajstić information content (AvgIpc) is 3.08. The largest absolute Gasteiger partial charge is 0.444 e. The van der Waals surface area contributed by atoms with Crippen molar-refractivity contribution in [3.8, 4) is 0 Å². The summed E-state index contributed by atoms with van der Waals surface area (Å²) in [4.78, 5) is 18.3. The number of carbonyl (C=O) groups is 1. The number of pyridine rings is 1. The Morgan fingerprint density at radius 2 is 2.29 bits per heavy atom. The van der Waals surface area contributed by atoms with Gasteiger partial charge in [-0.25, -0.2) is 9.31 Å². The third-order valence-corrected chi connectivity index (χ3v) is 4.03. The Hall–Kier alpha value is -2.02. The highest BCUT2D eigenvalue weighted by Gasteiger charge is 2.32. The maximum Gasteiger partial charge on any atom is 0.410 e. The van der Waals surface area contributed by atoms with Crippen LogP contribution in [0, 0.1) is 0 Å². The Kier molecular flexibility index (Phi) is 4.54. The summed E-state index contributed by atoms with van der Waals surface area (Å²) in [6.07, 6.45) is 3.47. The second-order valence-corrected chi connectivity index (χ2v) is 7.26. The molecule has 2 aromatic heterocycles. The minimum absolute atomic E-state index is 0.0958. The molecule has 3 heterocycles. The van der Waals surface area contributed by atoms with Gasteiger partial charge in [0.2, 0.25) is 5.28 Å². The number of nitrogens with zero attached hydrogens (tertiary/aromatic N) is 4. The second kappa shape index (κ2) is 6.47. The SMILES string of the molecule is CC(C)(C)OC(=O)N1CCCC1CNc1cccn2nc(Cl)nc12. The lowest BCUT2D eigenvalue weighted by molar-refractivity contribution is 0.0235. The van der Waals surface area contributed by atoms with Crippen LogP contribution in [0.25, 0.3) is 5.65 Å². The number of amides is 1. The normalized spacial score (nSPS) is 18.2. The second-order valence-electron chi connectivity index (χ2n) is 6.92. The fourth-order valence-corrected chi connectivity index (χ4v) is 3.02. The molecular weight excluding hydrogens is 330 g/mol. The van der Waals surface area contributed by atoms with Gasteiger partial charge in [-0.1, -0.05) is 0 Å². The fourth-order valence-electron chi connectivity index (χ4n) is 2.85. The predicted molar refractivity (Wildman–Crippen MR) is 92.4 cm³/mol. The molecule has 1 unspecified atom stereocenters. The van der Waals surface area contributed by atoms with E-state index >= 15 is 0 Å². The molecule has 1 amide bonds. The maximum atomic E-state index is 12.3. The van der Waals surface area contributed by atoms with E-state index in [-0.39, 0.29) is 17.4 Å². The Morgan fingerprint density at radius 3 is 3.04 bits per heavy atom. The molecule has 8 heteroatoms. The van der Waals surface area contributed by atoms with E-state index in [0.717, 1.165) is 25.1 Å². The Labute approximate surface area is 145 Å². The van der Waals surface area contributed by atoms with Crippen molar-refractivity contribution in [1.82, 2.24) is 19.5 Å². The van der Waals surface area contributed by atoms with Crippen LogP contribution in [0.4, 0.5) is 10.5 Å². The first-order valence-electron chi connectivity index (χ1n) is 8.08. The van der Waals surface area contributed by atoms with Gasteiger partial charge in [0.25, 0.3) is 0 Å². The van der Waals surface area contributed by atoms with E-state index in [0.29, 0.717) is 12.2 Å². The van der Waals surface area contributed by atoms with Crippen molar-refractivity contribution in [2.75, 3.05) is 18.4 Å². The number of fused-ring (bicyclic) bond motifs is 1. The van der Waals surface area contributed by atoms with Crippen molar-refractivity contribution >= 4 is 29.0 Å². The van der Waals surface area contributed by atoms with E-state index in [1.54, 1.807) is 15.6 Å². The van der Waals surface area contributed by atoms with Crippen molar-refractivity contribution < 1.29 is 9.53 Å². The van der Waals surface area contributed by atoms with Crippen LogP contribution in [0.2, 0.25) is 5.28 Å². The molecule has 2 aromatic rings. The zero-order valence-corrected chi connectivity index (χ0v) is 14.9. The molecule has 3 rings (SSSR count). The van der Waals surface area contributed by atoms with Gasteiger partial charge in [0, 0.05) is 19.3 Å². The third kappa shape index (κ3) is 3.72. The summed E-state index contributed by atoms with van der Waals surface area (Å²) in [5.41, 5.74) is 1.03. The molecule has 1 fully saturated rings. The monoisotopic (exact) mass is 351 g/mol. The summed E-state index contributed by atoms with van der Waals surface area (Å²) in [5, 5.41) is 7.65. The molecule has 1 aliphatic rings. The average molecular weight is 352 g/mol. The van der Waals surface area contributed by atoms with Crippen LogP contribution in [0.1, 0.15) is 33.6 Å². The summed E-state index contributed by atoms with van der Waals surface area (Å²) >= 11 is 5.87. The van der Waals surface area contributed by atoms with E-state index in [2.05, 4.69) is 15.4 Å². The van der Waals surface area contributed by atoms with Gasteiger partial charge in [0.15, 0.2) is 5.65 Å². The summed E-state index contributed by atoms with van der Waals surface area (Å²) in [6.45, 7) is 6.99. The molecule has 0 radical (unpaired) electrons. The Balaban J connectivity index is 1.67. The number of halogens is 1. The lowest BCUT2D eigenvalue weighted by atomic mass is 10.2. The summed E-state index contributed by atoms with van der Waals surface area (Å²) in [5.74, 6) is 0. The molecule has 0 spiro atoms. The molecule has 1 saturated heterocycles. The number of nitrogens with one attached hydrogen (secondary N) is 1. The number of carbonyl (C=O) groups excluding carboxylic acids is 1. The minimum Gasteiger partial charge on any atom is -0.444 e. The van der Waals surface area contributed by atoms with Crippen LogP contribution in [0.3, 0.4) is 0 Å². The van der Waals surface area contributed by atoms with Gasteiger partial charge in [-0.3, -0.25) is 0 Å². The van der Waals surface area contributed by atoms with Crippen molar-refractivity contribution in [1.29, 1.82) is 0 Å². The highest BCUT2D eigenvalue weighted by Crippen LogP contribution is 2.22. The molecule has 1 N–H and O–H groups in total. The highest BCUT2D eigenvalue weighted by atomic mass is 35.5. The van der Waals surface area contributed by atoms with Crippen molar-refractivity contribution in [2.24, 2.45) is 0 Å². The molecule has 0 aromatic carbocycles. The van der Waals surface area contributed by atoms with Gasteiger partial charge in [-0.15, -0.1) is 5.10 Å². The molecular formula is C16H22ClN5O2. The lowest BCUT2D eigenvalue weighted by Gasteiger charge is -2.28. The lowest BCUT2D eigenvalue weighted by Crippen LogP contribution is -2.42. The number of anilines is 1. The van der Waals surface area contributed by atoms with Crippen molar-refractivity contribution in [2.45, 2.75) is 45.3 Å². The maximum absolute atomic E-state index is 12.3. The van der Waals surface area contributed by atoms with Crippen LogP contribution in [-0.4, -0.2) is 50.3 Å². The number of rotatable bonds is 3. The van der Waals surface area contributed by atoms with Crippen LogP contribution in [0.15, 0.2) is 18.3 Å². The molecule has 130 valence electrons. The smallest absolute Gasteiger partial charge is 0.410 e. The van der Waals surface area contributed by atoms with E-state index in [1.165, 1.54) is 0 Å². The van der Waals surface area contributed by atoms with Crippen LogP contribution < -0.4 is 5.32 Å². The molecule has 0 aliphatic carbocycles. The minimum atomic E-state index is -0.485. The van der Waals surface area contributed by atoms with Gasteiger partial charge < -0.3 is 15.0 Å². The number of hydrogen-bond acceptors (Lipinski definition) is 5. The van der Waals surface area contributed by atoms with Crippen LogP contribution in [-0.2, 0) is 4.74 Å². The molecule has 24 heavy (non-hydrogen) atoms. The zero-order valence-electron chi connectivity index (χ0n) is 14.1. The number of aromatic nitrogens is 3. The first-order valence-corrected chi connectivity index (χ1v) is 8.46. The first kappa shape index (κ1) is 16.8. The number of likely N-dealkylation sites (tertiary alicyclic amines) is 1. The topological polar surface area (TPSA) is 71.8 Å². The van der Waals surface area contributed by atoms with Crippen molar-refractivity contribution in [3.63, 3.8) is 0 Å². The molecule has 1 aliphatic heterocycles. The Bertz CT molecular complexity index is 740. The number of ether oxygens (including phenoxy) is 1. The highest BCUT2D eigenvalue weighted by molar-refractivity contribution is 6.28. The fraction of sp³-hybridized carbons (Fsp3) is 0.562. The van der Waals surface area contributed by atoms with E-state index < -0.39 is 5.60 Å².